The predicted molar refractivity (Wildman–Crippen MR) is 98.0 cm³/mol. The molecule has 6 heteroatoms. The quantitative estimate of drug-likeness (QED) is 0.717. The number of hydrogen-bond acceptors (Lipinski definition) is 3. The van der Waals surface area contributed by atoms with Gasteiger partial charge < -0.3 is 9.64 Å². The Bertz CT molecular complexity index is 719. The molecule has 2 bridgehead atoms. The molecule has 2 fully saturated rings. The summed E-state index contributed by atoms with van der Waals surface area (Å²) in [5.74, 6) is -0.771. The normalized spacial score (nSPS) is 27.2. The van der Waals surface area contributed by atoms with Crippen LogP contribution in [0.4, 0.5) is 0 Å². The molecular formula is C19H23Cl2NO3. The lowest BCUT2D eigenvalue weighted by Gasteiger charge is -2.39. The van der Waals surface area contributed by atoms with Crippen LogP contribution in [0.15, 0.2) is 18.2 Å². The maximum absolute atomic E-state index is 12.6. The van der Waals surface area contributed by atoms with Gasteiger partial charge in [0.2, 0.25) is 0 Å². The van der Waals surface area contributed by atoms with Crippen LogP contribution in [0.25, 0.3) is 0 Å². The van der Waals surface area contributed by atoms with Crippen LogP contribution in [0.2, 0.25) is 10.0 Å². The van der Waals surface area contributed by atoms with Gasteiger partial charge in [-0.3, -0.25) is 4.79 Å². The molecule has 1 saturated carbocycles. The highest BCUT2D eigenvalue weighted by molar-refractivity contribution is 6.43. The molecule has 1 aliphatic heterocycles. The van der Waals surface area contributed by atoms with Gasteiger partial charge in [-0.1, -0.05) is 50.0 Å². The van der Waals surface area contributed by atoms with E-state index in [1.807, 2.05) is 4.90 Å². The first-order chi connectivity index (χ1) is 11.6. The second kappa shape index (κ2) is 6.48. The number of nitrogens with zero attached hydrogens (tertiary/aromatic N) is 1. The highest BCUT2D eigenvalue weighted by Crippen LogP contribution is 2.52. The van der Waals surface area contributed by atoms with Crippen molar-refractivity contribution < 1.29 is 14.3 Å². The maximum atomic E-state index is 12.6. The molecule has 1 aromatic rings. The Kier molecular flexibility index (Phi) is 4.80. The molecule has 0 spiro atoms. The van der Waals surface area contributed by atoms with Crippen molar-refractivity contribution >= 4 is 35.1 Å². The number of fused-ring (bicyclic) bond motifs is 2. The Balaban J connectivity index is 1.64. The number of ether oxygens (including phenoxy) is 1. The summed E-state index contributed by atoms with van der Waals surface area (Å²) in [7, 11) is 0. The Morgan fingerprint density at radius 2 is 1.96 bits per heavy atom. The van der Waals surface area contributed by atoms with E-state index in [1.165, 1.54) is 6.07 Å². The number of esters is 1. The average Bonchev–Trinajstić information content (AvgIpc) is 2.76. The predicted octanol–water partition coefficient (Wildman–Crippen LogP) is 4.58. The lowest BCUT2D eigenvalue weighted by atomic mass is 9.65. The van der Waals surface area contributed by atoms with Crippen molar-refractivity contribution in [1.29, 1.82) is 0 Å². The fraction of sp³-hybridized carbons (Fsp3) is 0.579. The molecule has 25 heavy (non-hydrogen) atoms. The smallest absolute Gasteiger partial charge is 0.340 e. The summed E-state index contributed by atoms with van der Waals surface area (Å²) >= 11 is 11.9. The van der Waals surface area contributed by atoms with E-state index >= 15 is 0 Å². The van der Waals surface area contributed by atoms with E-state index in [1.54, 1.807) is 12.1 Å². The van der Waals surface area contributed by atoms with Crippen molar-refractivity contribution in [2.75, 3.05) is 13.2 Å². The van der Waals surface area contributed by atoms with Gasteiger partial charge in [0.1, 0.15) is 0 Å². The number of carbonyl (C=O) groups is 2. The molecular weight excluding hydrogens is 361 g/mol. The van der Waals surface area contributed by atoms with E-state index in [4.69, 9.17) is 27.9 Å². The monoisotopic (exact) mass is 383 g/mol. The van der Waals surface area contributed by atoms with Gasteiger partial charge in [0.15, 0.2) is 6.61 Å². The SMILES string of the molecule is CC1(C)C[C@@H]2C[C@](C)(CN2C(=O)COC(=O)c2cccc(Cl)c2Cl)C1. The zero-order valence-corrected chi connectivity index (χ0v) is 16.3. The molecule has 1 saturated heterocycles. The van der Waals surface area contributed by atoms with Gasteiger partial charge in [-0.05, 0) is 42.2 Å². The van der Waals surface area contributed by atoms with Gasteiger partial charge in [0.25, 0.3) is 5.91 Å². The second-order valence-corrected chi connectivity index (χ2v) is 9.20. The van der Waals surface area contributed by atoms with E-state index in [2.05, 4.69) is 20.8 Å². The highest BCUT2D eigenvalue weighted by Gasteiger charge is 2.50. The first-order valence-electron chi connectivity index (χ1n) is 8.51. The van der Waals surface area contributed by atoms with Crippen LogP contribution in [0.3, 0.4) is 0 Å². The highest BCUT2D eigenvalue weighted by atomic mass is 35.5. The van der Waals surface area contributed by atoms with E-state index in [9.17, 15) is 9.59 Å². The van der Waals surface area contributed by atoms with Crippen molar-refractivity contribution in [3.8, 4) is 0 Å². The number of benzene rings is 1. The zero-order valence-electron chi connectivity index (χ0n) is 14.8. The third-order valence-electron chi connectivity index (χ3n) is 5.23. The first-order valence-corrected chi connectivity index (χ1v) is 9.26. The zero-order chi connectivity index (χ0) is 18.4. The summed E-state index contributed by atoms with van der Waals surface area (Å²) in [5, 5.41) is 0.429. The van der Waals surface area contributed by atoms with Gasteiger partial charge in [0, 0.05) is 12.6 Å². The van der Waals surface area contributed by atoms with Crippen molar-refractivity contribution in [1.82, 2.24) is 4.90 Å². The molecule has 0 unspecified atom stereocenters. The van der Waals surface area contributed by atoms with Gasteiger partial charge in [-0.25, -0.2) is 4.79 Å². The molecule has 3 rings (SSSR count). The van der Waals surface area contributed by atoms with Gasteiger partial charge in [-0.2, -0.15) is 0 Å². The molecule has 1 amide bonds. The van der Waals surface area contributed by atoms with Crippen molar-refractivity contribution in [3.05, 3.63) is 33.8 Å². The average molecular weight is 384 g/mol. The van der Waals surface area contributed by atoms with E-state index < -0.39 is 5.97 Å². The van der Waals surface area contributed by atoms with Crippen LogP contribution >= 0.6 is 23.2 Å². The van der Waals surface area contributed by atoms with Crippen LogP contribution in [-0.4, -0.2) is 36.0 Å². The fourth-order valence-corrected chi connectivity index (χ4v) is 5.08. The van der Waals surface area contributed by atoms with Crippen LogP contribution in [0.1, 0.15) is 50.4 Å². The number of rotatable bonds is 3. The lowest BCUT2D eigenvalue weighted by molar-refractivity contribution is -0.135. The summed E-state index contributed by atoms with van der Waals surface area (Å²) in [5.41, 5.74) is 0.565. The standard InChI is InChI=1S/C19H23Cl2NO3/c1-18(2)7-12-8-19(3,10-18)11-22(12)15(23)9-25-17(24)13-5-4-6-14(20)16(13)21/h4-6,12H,7-11H2,1-3H3/t12-,19+/m1/s1. The molecule has 2 aliphatic rings. The molecule has 2 atom stereocenters. The van der Waals surface area contributed by atoms with Crippen LogP contribution < -0.4 is 0 Å². The molecule has 1 aromatic carbocycles. The maximum Gasteiger partial charge on any atom is 0.340 e. The van der Waals surface area contributed by atoms with E-state index in [-0.39, 0.29) is 45.0 Å². The topological polar surface area (TPSA) is 46.6 Å². The van der Waals surface area contributed by atoms with Crippen molar-refractivity contribution in [2.45, 2.75) is 46.1 Å². The number of halogens is 2. The molecule has 1 heterocycles. The Morgan fingerprint density at radius 3 is 2.68 bits per heavy atom. The number of carbonyl (C=O) groups excluding carboxylic acids is 2. The number of hydrogen-bond donors (Lipinski definition) is 0. The largest absolute Gasteiger partial charge is 0.452 e. The van der Waals surface area contributed by atoms with Gasteiger partial charge in [0.05, 0.1) is 15.6 Å². The minimum absolute atomic E-state index is 0.141. The Morgan fingerprint density at radius 1 is 1.24 bits per heavy atom. The van der Waals surface area contributed by atoms with E-state index in [0.29, 0.717) is 0 Å². The lowest BCUT2D eigenvalue weighted by Crippen LogP contribution is -2.39. The van der Waals surface area contributed by atoms with Crippen LogP contribution in [-0.2, 0) is 9.53 Å². The second-order valence-electron chi connectivity index (χ2n) is 8.41. The summed E-state index contributed by atoms with van der Waals surface area (Å²) in [4.78, 5) is 26.7. The number of amides is 1. The summed E-state index contributed by atoms with van der Waals surface area (Å²) in [6.07, 6.45) is 3.12. The summed E-state index contributed by atoms with van der Waals surface area (Å²) in [6, 6.07) is 4.99. The van der Waals surface area contributed by atoms with Crippen LogP contribution in [0.5, 0.6) is 0 Å². The third kappa shape index (κ3) is 3.80. The van der Waals surface area contributed by atoms with Crippen LogP contribution in [0, 0.1) is 10.8 Å². The summed E-state index contributed by atoms with van der Waals surface area (Å²) < 4.78 is 5.20. The molecule has 136 valence electrons. The van der Waals surface area contributed by atoms with Crippen molar-refractivity contribution in [2.24, 2.45) is 10.8 Å². The van der Waals surface area contributed by atoms with Crippen molar-refractivity contribution in [3.63, 3.8) is 0 Å². The fourth-order valence-electron chi connectivity index (χ4n) is 4.70. The van der Waals surface area contributed by atoms with E-state index in [0.717, 1.165) is 25.8 Å². The molecule has 0 aromatic heterocycles. The minimum atomic E-state index is -0.630. The Labute approximate surface area is 158 Å². The Hall–Kier alpha value is -1.26. The number of likely N-dealkylation sites (tertiary alicyclic amines) is 1. The molecule has 0 radical (unpaired) electrons. The first kappa shape index (κ1) is 18.5. The molecule has 4 nitrogen and oxygen atoms in total. The molecule has 0 N–H and O–H groups in total. The minimum Gasteiger partial charge on any atom is -0.452 e. The van der Waals surface area contributed by atoms with Gasteiger partial charge in [-0.15, -0.1) is 0 Å². The molecule has 1 aliphatic carbocycles. The van der Waals surface area contributed by atoms with Gasteiger partial charge >= 0.3 is 5.97 Å². The summed E-state index contributed by atoms with van der Waals surface area (Å²) in [6.45, 7) is 7.22. The third-order valence-corrected chi connectivity index (χ3v) is 6.05.